The molecule has 0 saturated carbocycles. The van der Waals surface area contributed by atoms with Crippen LogP contribution in [0.1, 0.15) is 35.0 Å². The molecule has 0 spiro atoms. The normalized spacial score (nSPS) is 16.8. The number of carbonyl (C=O) groups is 1. The van der Waals surface area contributed by atoms with Crippen molar-refractivity contribution in [1.82, 2.24) is 19.9 Å². The number of rotatable bonds is 3. The van der Waals surface area contributed by atoms with Crippen LogP contribution in [0, 0.1) is 0 Å². The molecule has 5 rings (SSSR count). The van der Waals surface area contributed by atoms with Gasteiger partial charge >= 0.3 is 0 Å². The van der Waals surface area contributed by atoms with Crippen molar-refractivity contribution in [2.24, 2.45) is 0 Å². The molecule has 2 aromatic heterocycles. The van der Waals surface area contributed by atoms with Crippen molar-refractivity contribution in [2.75, 3.05) is 13.1 Å². The minimum absolute atomic E-state index is 0.0320. The Balaban J connectivity index is 1.37. The zero-order chi connectivity index (χ0) is 19.6. The number of oxazole rings is 1. The van der Waals surface area contributed by atoms with Gasteiger partial charge in [-0.1, -0.05) is 24.3 Å². The smallest absolute Gasteiger partial charge is 0.253 e. The molecule has 2 aromatic carbocycles. The van der Waals surface area contributed by atoms with E-state index in [1.54, 1.807) is 12.4 Å². The van der Waals surface area contributed by atoms with Crippen LogP contribution in [-0.4, -0.2) is 38.8 Å². The van der Waals surface area contributed by atoms with Crippen LogP contribution in [0.25, 0.3) is 22.2 Å². The zero-order valence-corrected chi connectivity index (χ0v) is 15.9. The fourth-order valence-corrected chi connectivity index (χ4v) is 3.89. The summed E-state index contributed by atoms with van der Waals surface area (Å²) in [6, 6.07) is 15.4. The van der Waals surface area contributed by atoms with Crippen LogP contribution in [-0.2, 0) is 0 Å². The predicted octanol–water partition coefficient (Wildman–Crippen LogP) is 4.30. The quantitative estimate of drug-likeness (QED) is 0.526. The summed E-state index contributed by atoms with van der Waals surface area (Å²) in [7, 11) is 0. The lowest BCUT2D eigenvalue weighted by molar-refractivity contribution is 0.0699. The average Bonchev–Trinajstić information content (AvgIpc) is 3.24. The second-order valence-corrected chi connectivity index (χ2v) is 7.32. The first-order valence-corrected chi connectivity index (χ1v) is 9.78. The Morgan fingerprint density at radius 2 is 1.90 bits per heavy atom. The van der Waals surface area contributed by atoms with Crippen LogP contribution in [0.2, 0.25) is 0 Å². The summed E-state index contributed by atoms with van der Waals surface area (Å²) in [5.74, 6) is 0.870. The Morgan fingerprint density at radius 3 is 2.76 bits per heavy atom. The molecule has 1 atom stereocenters. The van der Waals surface area contributed by atoms with E-state index in [-0.39, 0.29) is 11.8 Å². The number of benzene rings is 2. The fraction of sp³-hybridized carbons (Fsp3) is 0.217. The first-order chi connectivity index (χ1) is 14.3. The number of likely N-dealkylation sites (tertiary alicyclic amines) is 1. The maximum Gasteiger partial charge on any atom is 0.253 e. The van der Waals surface area contributed by atoms with E-state index >= 15 is 0 Å². The summed E-state index contributed by atoms with van der Waals surface area (Å²) >= 11 is 0. The number of nitrogens with zero attached hydrogens (tertiary/aromatic N) is 4. The molecule has 0 aliphatic carbocycles. The van der Waals surface area contributed by atoms with E-state index < -0.39 is 0 Å². The first-order valence-electron chi connectivity index (χ1n) is 9.78. The van der Waals surface area contributed by atoms with E-state index in [1.807, 2.05) is 53.4 Å². The highest BCUT2D eigenvalue weighted by Crippen LogP contribution is 2.30. The van der Waals surface area contributed by atoms with Crippen molar-refractivity contribution in [2.45, 2.75) is 18.8 Å². The highest BCUT2D eigenvalue weighted by Gasteiger charge is 2.28. The molecule has 0 N–H and O–H groups in total. The summed E-state index contributed by atoms with van der Waals surface area (Å²) in [4.78, 5) is 27.8. The summed E-state index contributed by atoms with van der Waals surface area (Å²) in [5, 5.41) is 0. The molecular formula is C23H20N4O2. The molecule has 6 heteroatoms. The van der Waals surface area contributed by atoms with E-state index in [9.17, 15) is 4.79 Å². The number of amides is 1. The summed E-state index contributed by atoms with van der Waals surface area (Å²) in [6.07, 6.45) is 6.90. The molecule has 144 valence electrons. The molecule has 1 fully saturated rings. The molecule has 0 radical (unpaired) electrons. The Bertz CT molecular complexity index is 1120. The van der Waals surface area contributed by atoms with Gasteiger partial charge in [0.05, 0.1) is 5.92 Å². The number of hydrogen-bond donors (Lipinski definition) is 0. The molecule has 3 heterocycles. The summed E-state index contributed by atoms with van der Waals surface area (Å²) < 4.78 is 5.96. The third-order valence-corrected chi connectivity index (χ3v) is 5.37. The van der Waals surface area contributed by atoms with E-state index in [1.165, 1.54) is 6.33 Å². The van der Waals surface area contributed by atoms with Gasteiger partial charge in [0.15, 0.2) is 11.5 Å². The maximum atomic E-state index is 13.2. The molecule has 1 unspecified atom stereocenters. The lowest BCUT2D eigenvalue weighted by Gasteiger charge is -2.31. The molecule has 1 amide bonds. The number of aromatic nitrogens is 3. The highest BCUT2D eigenvalue weighted by atomic mass is 16.3. The highest BCUT2D eigenvalue weighted by molar-refractivity contribution is 5.95. The topological polar surface area (TPSA) is 72.1 Å². The van der Waals surface area contributed by atoms with Crippen molar-refractivity contribution in [3.8, 4) is 11.1 Å². The molecule has 1 saturated heterocycles. The number of fused-ring (bicyclic) bond motifs is 1. The van der Waals surface area contributed by atoms with Crippen LogP contribution in [0.4, 0.5) is 0 Å². The van der Waals surface area contributed by atoms with Crippen LogP contribution in [0.15, 0.2) is 71.7 Å². The van der Waals surface area contributed by atoms with Crippen LogP contribution in [0.3, 0.4) is 0 Å². The van der Waals surface area contributed by atoms with Gasteiger partial charge < -0.3 is 9.32 Å². The van der Waals surface area contributed by atoms with Crippen molar-refractivity contribution in [1.29, 1.82) is 0 Å². The number of carbonyl (C=O) groups excluding carboxylic acids is 1. The van der Waals surface area contributed by atoms with Crippen molar-refractivity contribution < 1.29 is 9.21 Å². The monoisotopic (exact) mass is 384 g/mol. The van der Waals surface area contributed by atoms with Gasteiger partial charge in [0.1, 0.15) is 11.8 Å². The zero-order valence-electron chi connectivity index (χ0n) is 15.9. The SMILES string of the molecule is O=C(c1cccc(-c2cncnc2)c1)N1CCCC(c2nc3ccccc3o2)C1. The lowest BCUT2D eigenvalue weighted by Crippen LogP contribution is -2.39. The van der Waals surface area contributed by atoms with E-state index in [2.05, 4.69) is 15.0 Å². The lowest BCUT2D eigenvalue weighted by atomic mass is 9.97. The van der Waals surface area contributed by atoms with E-state index in [4.69, 9.17) is 4.42 Å². The largest absolute Gasteiger partial charge is 0.440 e. The second-order valence-electron chi connectivity index (χ2n) is 7.32. The fourth-order valence-electron chi connectivity index (χ4n) is 3.89. The molecule has 0 bridgehead atoms. The minimum Gasteiger partial charge on any atom is -0.440 e. The molecule has 1 aliphatic heterocycles. The maximum absolute atomic E-state index is 13.2. The van der Waals surface area contributed by atoms with Crippen molar-refractivity contribution >= 4 is 17.0 Å². The minimum atomic E-state index is 0.0320. The number of para-hydroxylation sites is 2. The van der Waals surface area contributed by atoms with Gasteiger partial charge in [-0.25, -0.2) is 15.0 Å². The molecular weight excluding hydrogens is 364 g/mol. The molecule has 4 aromatic rings. The van der Waals surface area contributed by atoms with Gasteiger partial charge in [-0.2, -0.15) is 0 Å². The summed E-state index contributed by atoms with van der Waals surface area (Å²) in [5.41, 5.74) is 4.16. The van der Waals surface area contributed by atoms with Gasteiger partial charge in [-0.05, 0) is 42.7 Å². The third-order valence-electron chi connectivity index (χ3n) is 5.37. The van der Waals surface area contributed by atoms with E-state index in [0.717, 1.165) is 47.5 Å². The van der Waals surface area contributed by atoms with Gasteiger partial charge in [-0.15, -0.1) is 0 Å². The number of hydrogen-bond acceptors (Lipinski definition) is 5. The van der Waals surface area contributed by atoms with Crippen LogP contribution >= 0.6 is 0 Å². The Morgan fingerprint density at radius 1 is 1.03 bits per heavy atom. The molecule has 1 aliphatic rings. The van der Waals surface area contributed by atoms with Gasteiger partial charge in [0, 0.05) is 36.6 Å². The van der Waals surface area contributed by atoms with E-state index in [0.29, 0.717) is 12.1 Å². The predicted molar refractivity (Wildman–Crippen MR) is 109 cm³/mol. The Hall–Kier alpha value is -3.54. The van der Waals surface area contributed by atoms with Crippen molar-refractivity contribution in [3.63, 3.8) is 0 Å². The Labute approximate surface area is 168 Å². The van der Waals surface area contributed by atoms with Crippen LogP contribution < -0.4 is 0 Å². The van der Waals surface area contributed by atoms with Crippen LogP contribution in [0.5, 0.6) is 0 Å². The van der Waals surface area contributed by atoms with Crippen molar-refractivity contribution in [3.05, 3.63) is 78.7 Å². The average molecular weight is 384 g/mol. The Kier molecular flexibility index (Phi) is 4.52. The van der Waals surface area contributed by atoms with Gasteiger partial charge in [-0.3, -0.25) is 4.79 Å². The summed E-state index contributed by atoms with van der Waals surface area (Å²) in [6.45, 7) is 1.36. The first kappa shape index (κ1) is 17.6. The third kappa shape index (κ3) is 3.49. The van der Waals surface area contributed by atoms with Gasteiger partial charge in [0.2, 0.25) is 0 Å². The second kappa shape index (κ2) is 7.47. The van der Waals surface area contributed by atoms with Gasteiger partial charge in [0.25, 0.3) is 5.91 Å². The number of piperidine rings is 1. The molecule has 6 nitrogen and oxygen atoms in total. The standard InChI is InChI=1S/C23H20N4O2/c28-23(17-6-3-5-16(11-17)19-12-24-15-25-13-19)27-10-4-7-18(14-27)22-26-20-8-1-2-9-21(20)29-22/h1-3,5-6,8-9,11-13,15,18H,4,7,10,14H2. The molecule has 29 heavy (non-hydrogen) atoms.